The molecule has 1 aromatic heterocycles. The topological polar surface area (TPSA) is 88.7 Å². The van der Waals surface area contributed by atoms with Gasteiger partial charge in [0.15, 0.2) is 0 Å². The Hall–Kier alpha value is -3.27. The number of carboxylic acids is 1. The lowest BCUT2D eigenvalue weighted by Gasteiger charge is -2.19. The van der Waals surface area contributed by atoms with Crippen LogP contribution in [0.25, 0.3) is 22.8 Å². The average molecular weight is 468 g/mol. The maximum absolute atomic E-state index is 12.4. The molecule has 0 fully saturated rings. The first-order valence-corrected chi connectivity index (χ1v) is 10.1. The van der Waals surface area contributed by atoms with Gasteiger partial charge in [0.25, 0.3) is 5.89 Å². The zero-order chi connectivity index (χ0) is 22.9. The maximum Gasteiger partial charge on any atom is 0.573 e. The summed E-state index contributed by atoms with van der Waals surface area (Å²) in [5.41, 5.74) is 3.16. The van der Waals surface area contributed by atoms with Crippen LogP contribution in [0.5, 0.6) is 5.75 Å². The van der Waals surface area contributed by atoms with Gasteiger partial charge < -0.3 is 19.3 Å². The quantitative estimate of drug-likeness (QED) is 0.512. The largest absolute Gasteiger partial charge is 0.573 e. The van der Waals surface area contributed by atoms with Crippen LogP contribution in [0.15, 0.2) is 40.9 Å². The van der Waals surface area contributed by atoms with E-state index in [4.69, 9.17) is 21.2 Å². The molecule has 0 unspecified atom stereocenters. The summed E-state index contributed by atoms with van der Waals surface area (Å²) in [6.07, 6.45) is -3.45. The summed E-state index contributed by atoms with van der Waals surface area (Å²) in [5, 5.41) is 12.6. The van der Waals surface area contributed by atoms with Crippen LogP contribution >= 0.6 is 11.6 Å². The van der Waals surface area contributed by atoms with Crippen LogP contribution in [-0.2, 0) is 11.2 Å². The molecule has 0 bridgehead atoms. The summed E-state index contributed by atoms with van der Waals surface area (Å²) in [6.45, 7) is 1.39. The molecule has 168 valence electrons. The maximum atomic E-state index is 12.4. The minimum Gasteiger partial charge on any atom is -0.481 e. The number of anilines is 1. The zero-order valence-electron chi connectivity index (χ0n) is 16.5. The summed E-state index contributed by atoms with van der Waals surface area (Å²) >= 11 is 5.91. The Balaban J connectivity index is 1.56. The fourth-order valence-corrected chi connectivity index (χ4v) is 3.87. The van der Waals surface area contributed by atoms with Gasteiger partial charge >= 0.3 is 12.3 Å². The van der Waals surface area contributed by atoms with E-state index < -0.39 is 18.1 Å². The highest BCUT2D eigenvalue weighted by Gasteiger charge is 2.32. The van der Waals surface area contributed by atoms with Gasteiger partial charge in [-0.25, -0.2) is 0 Å². The van der Waals surface area contributed by atoms with Crippen molar-refractivity contribution in [2.24, 2.45) is 0 Å². The number of carboxylic acid groups (broad SMARTS) is 1. The van der Waals surface area contributed by atoms with Gasteiger partial charge in [-0.1, -0.05) is 28.9 Å². The Morgan fingerprint density at radius 1 is 1.28 bits per heavy atom. The number of ether oxygens (including phenoxy) is 1. The van der Waals surface area contributed by atoms with E-state index in [1.807, 2.05) is 18.2 Å². The molecule has 0 saturated carbocycles. The molecule has 1 N–H and O–H groups in total. The summed E-state index contributed by atoms with van der Waals surface area (Å²) in [5.74, 6) is -0.896. The first kappa shape index (κ1) is 21.9. The monoisotopic (exact) mass is 467 g/mol. The Morgan fingerprint density at radius 3 is 2.81 bits per heavy atom. The van der Waals surface area contributed by atoms with Crippen molar-refractivity contribution in [1.82, 2.24) is 10.1 Å². The van der Waals surface area contributed by atoms with Crippen molar-refractivity contribution in [3.63, 3.8) is 0 Å². The highest BCUT2D eigenvalue weighted by Crippen LogP contribution is 2.37. The number of hydrogen-bond donors (Lipinski definition) is 1. The molecule has 0 atom stereocenters. The van der Waals surface area contributed by atoms with E-state index in [9.17, 15) is 18.0 Å². The second-order valence-electron chi connectivity index (χ2n) is 7.15. The number of nitrogens with zero attached hydrogens (tertiary/aromatic N) is 3. The van der Waals surface area contributed by atoms with Gasteiger partial charge in [0.1, 0.15) is 5.75 Å². The molecule has 4 rings (SSSR count). The second kappa shape index (κ2) is 8.70. The lowest BCUT2D eigenvalue weighted by atomic mass is 10.0. The predicted octanol–water partition coefficient (Wildman–Crippen LogP) is 5.18. The summed E-state index contributed by atoms with van der Waals surface area (Å²) < 4.78 is 46.5. The number of halogens is 4. The third kappa shape index (κ3) is 4.80. The van der Waals surface area contributed by atoms with Crippen molar-refractivity contribution >= 4 is 23.3 Å². The fourth-order valence-electron chi connectivity index (χ4n) is 3.66. The van der Waals surface area contributed by atoms with Crippen molar-refractivity contribution in [1.29, 1.82) is 0 Å². The third-order valence-corrected chi connectivity index (χ3v) is 5.31. The van der Waals surface area contributed by atoms with Crippen LogP contribution in [0.2, 0.25) is 5.02 Å². The molecular weight excluding hydrogens is 451 g/mol. The number of aromatic nitrogens is 2. The Labute approximate surface area is 185 Å². The van der Waals surface area contributed by atoms with Crippen molar-refractivity contribution in [3.05, 3.63) is 47.0 Å². The highest BCUT2D eigenvalue weighted by atomic mass is 35.5. The van der Waals surface area contributed by atoms with Crippen molar-refractivity contribution in [3.8, 4) is 28.6 Å². The molecule has 32 heavy (non-hydrogen) atoms. The second-order valence-corrected chi connectivity index (χ2v) is 7.56. The minimum absolute atomic E-state index is 0.106. The Morgan fingerprint density at radius 2 is 2.09 bits per heavy atom. The summed E-state index contributed by atoms with van der Waals surface area (Å²) in [4.78, 5) is 17.3. The van der Waals surface area contributed by atoms with E-state index in [1.165, 1.54) is 12.1 Å². The number of alkyl halides is 3. The number of rotatable bonds is 7. The van der Waals surface area contributed by atoms with Gasteiger partial charge in [-0.2, -0.15) is 4.98 Å². The molecule has 2 heterocycles. The number of aliphatic carboxylic acids is 1. The molecule has 0 saturated heterocycles. The van der Waals surface area contributed by atoms with Crippen molar-refractivity contribution in [2.75, 3.05) is 18.0 Å². The summed E-state index contributed by atoms with van der Waals surface area (Å²) in [7, 11) is 0. The Kier molecular flexibility index (Phi) is 5.96. The molecular formula is C21H17ClF3N3O4. The molecule has 0 spiro atoms. The van der Waals surface area contributed by atoms with Crippen LogP contribution in [0.4, 0.5) is 18.9 Å². The van der Waals surface area contributed by atoms with E-state index in [0.29, 0.717) is 24.4 Å². The molecule has 0 aliphatic carbocycles. The zero-order valence-corrected chi connectivity index (χ0v) is 17.3. The SMILES string of the molecule is O=C(O)CCCN1CCc2c(-c3noc(-c4ccc(OC(F)(F)F)c(Cl)c4)n3)cccc21. The molecule has 1 aliphatic heterocycles. The van der Waals surface area contributed by atoms with E-state index in [1.54, 1.807) is 0 Å². The van der Waals surface area contributed by atoms with Crippen molar-refractivity contribution in [2.45, 2.75) is 25.6 Å². The van der Waals surface area contributed by atoms with Crippen LogP contribution in [0.3, 0.4) is 0 Å². The summed E-state index contributed by atoms with van der Waals surface area (Å²) in [6, 6.07) is 9.39. The minimum atomic E-state index is -4.85. The van der Waals surface area contributed by atoms with Gasteiger partial charge in [-0.3, -0.25) is 4.79 Å². The lowest BCUT2D eigenvalue weighted by Crippen LogP contribution is -2.22. The number of benzene rings is 2. The fraction of sp³-hybridized carbons (Fsp3) is 0.286. The molecule has 11 heteroatoms. The van der Waals surface area contributed by atoms with Gasteiger partial charge in [-0.05, 0) is 42.7 Å². The first-order chi connectivity index (χ1) is 15.2. The number of carbonyl (C=O) groups is 1. The Bertz CT molecular complexity index is 1150. The molecule has 7 nitrogen and oxygen atoms in total. The van der Waals surface area contributed by atoms with E-state index >= 15 is 0 Å². The predicted molar refractivity (Wildman–Crippen MR) is 110 cm³/mol. The number of fused-ring (bicyclic) bond motifs is 1. The molecule has 1 aliphatic rings. The van der Waals surface area contributed by atoms with Crippen LogP contribution in [-0.4, -0.2) is 40.7 Å². The third-order valence-electron chi connectivity index (χ3n) is 5.01. The average Bonchev–Trinajstić information content (AvgIpc) is 3.36. The first-order valence-electron chi connectivity index (χ1n) is 9.69. The van der Waals surface area contributed by atoms with E-state index in [-0.39, 0.29) is 17.3 Å². The van der Waals surface area contributed by atoms with Crippen LogP contribution in [0, 0.1) is 0 Å². The molecule has 0 amide bonds. The molecule has 2 aromatic carbocycles. The normalized spacial score (nSPS) is 13.3. The van der Waals surface area contributed by atoms with E-state index in [0.717, 1.165) is 35.8 Å². The molecule has 3 aromatic rings. The van der Waals surface area contributed by atoms with Gasteiger partial charge in [0, 0.05) is 36.3 Å². The standard InChI is InChI=1S/C21H17ClF3N3O4/c22-15-11-12(6-7-17(15)31-21(23,24)25)20-26-19(27-32-20)14-3-1-4-16-13(14)8-10-28(16)9-2-5-18(29)30/h1,3-4,6-7,11H,2,5,8-10H2,(H,29,30). The van der Waals surface area contributed by atoms with Gasteiger partial charge in [0.05, 0.1) is 5.02 Å². The molecule has 0 radical (unpaired) electrons. The van der Waals surface area contributed by atoms with E-state index in [2.05, 4.69) is 19.8 Å². The lowest BCUT2D eigenvalue weighted by molar-refractivity contribution is -0.274. The van der Waals surface area contributed by atoms with Crippen LogP contribution < -0.4 is 9.64 Å². The van der Waals surface area contributed by atoms with Crippen LogP contribution in [0.1, 0.15) is 18.4 Å². The smallest absolute Gasteiger partial charge is 0.481 e. The van der Waals surface area contributed by atoms with Gasteiger partial charge in [-0.15, -0.1) is 13.2 Å². The van der Waals surface area contributed by atoms with Crippen molar-refractivity contribution < 1.29 is 32.3 Å². The number of hydrogen-bond acceptors (Lipinski definition) is 6. The van der Waals surface area contributed by atoms with Gasteiger partial charge in [0.2, 0.25) is 5.82 Å². The highest BCUT2D eigenvalue weighted by molar-refractivity contribution is 6.32.